The van der Waals surface area contributed by atoms with Crippen molar-refractivity contribution in [3.05, 3.63) is 34.1 Å². The van der Waals surface area contributed by atoms with Gasteiger partial charge in [0.15, 0.2) is 0 Å². The molecule has 0 spiro atoms. The number of likely N-dealkylation sites (tertiary alicyclic amines) is 1. The molecule has 1 heterocycles. The van der Waals surface area contributed by atoms with Crippen LogP contribution in [0.15, 0.2) is 22.7 Å². The maximum Gasteiger partial charge on any atom is 0.127 e. The van der Waals surface area contributed by atoms with E-state index in [1.807, 2.05) is 6.07 Å². The molecule has 0 amide bonds. The monoisotopic (exact) mass is 328 g/mol. The highest BCUT2D eigenvalue weighted by Crippen LogP contribution is 2.19. The summed E-state index contributed by atoms with van der Waals surface area (Å²) in [6.07, 6.45) is 3.79. The number of rotatable bonds is 5. The summed E-state index contributed by atoms with van der Waals surface area (Å²) in [4.78, 5) is 2.39. The van der Waals surface area contributed by atoms with E-state index in [-0.39, 0.29) is 5.82 Å². The van der Waals surface area contributed by atoms with Crippen LogP contribution in [-0.4, -0.2) is 31.6 Å². The molecule has 1 aromatic rings. The summed E-state index contributed by atoms with van der Waals surface area (Å²) in [5, 5.41) is 3.35. The Morgan fingerprint density at radius 1 is 1.37 bits per heavy atom. The number of benzene rings is 1. The molecule has 4 heteroatoms. The van der Waals surface area contributed by atoms with Gasteiger partial charge in [-0.2, -0.15) is 0 Å². The first-order valence-electron chi connectivity index (χ1n) is 6.98. The van der Waals surface area contributed by atoms with Crippen LogP contribution >= 0.6 is 15.9 Å². The highest BCUT2D eigenvalue weighted by atomic mass is 79.9. The standard InChI is InChI=1S/C15H22BrFN2/c1-19-8-5-12(6-9-19)4-7-18-11-13-10-14(16)2-3-15(13)17/h2-3,10,12,18H,4-9,11H2,1H3. The molecule has 0 aliphatic carbocycles. The highest BCUT2D eigenvalue weighted by molar-refractivity contribution is 9.10. The largest absolute Gasteiger partial charge is 0.313 e. The highest BCUT2D eigenvalue weighted by Gasteiger charge is 2.15. The number of nitrogens with zero attached hydrogens (tertiary/aromatic N) is 1. The third-order valence-electron chi connectivity index (χ3n) is 3.89. The molecule has 1 aliphatic heterocycles. The zero-order valence-corrected chi connectivity index (χ0v) is 13.0. The number of hydrogen-bond donors (Lipinski definition) is 1. The maximum absolute atomic E-state index is 13.5. The Balaban J connectivity index is 1.68. The molecule has 0 radical (unpaired) electrons. The van der Waals surface area contributed by atoms with Crippen molar-refractivity contribution < 1.29 is 4.39 Å². The summed E-state index contributed by atoms with van der Waals surface area (Å²) >= 11 is 3.37. The Kier molecular flexibility index (Phi) is 5.79. The first-order valence-corrected chi connectivity index (χ1v) is 7.77. The third kappa shape index (κ3) is 4.86. The molecule has 0 bridgehead atoms. The van der Waals surface area contributed by atoms with Crippen molar-refractivity contribution in [2.45, 2.75) is 25.8 Å². The minimum absolute atomic E-state index is 0.130. The van der Waals surface area contributed by atoms with Gasteiger partial charge in [0.25, 0.3) is 0 Å². The quantitative estimate of drug-likeness (QED) is 0.833. The minimum atomic E-state index is -0.130. The summed E-state index contributed by atoms with van der Waals surface area (Å²) in [5.74, 6) is 0.700. The van der Waals surface area contributed by atoms with Gasteiger partial charge in [-0.3, -0.25) is 0 Å². The molecule has 106 valence electrons. The van der Waals surface area contributed by atoms with Gasteiger partial charge in [0.1, 0.15) is 5.82 Å². The van der Waals surface area contributed by atoms with Gasteiger partial charge in [-0.05, 0) is 70.1 Å². The summed E-state index contributed by atoms with van der Waals surface area (Å²) in [5.41, 5.74) is 0.734. The minimum Gasteiger partial charge on any atom is -0.313 e. The lowest BCUT2D eigenvalue weighted by molar-refractivity contribution is 0.211. The predicted molar refractivity (Wildman–Crippen MR) is 80.6 cm³/mol. The first-order chi connectivity index (χ1) is 9.15. The van der Waals surface area contributed by atoms with Crippen LogP contribution in [0.25, 0.3) is 0 Å². The fourth-order valence-electron chi connectivity index (χ4n) is 2.56. The Bertz CT molecular complexity index is 403. The Labute approximate surface area is 123 Å². The topological polar surface area (TPSA) is 15.3 Å². The summed E-state index contributed by atoms with van der Waals surface area (Å²) in [7, 11) is 2.19. The predicted octanol–water partition coefficient (Wildman–Crippen LogP) is 3.41. The Hall–Kier alpha value is -0.450. The average Bonchev–Trinajstić information content (AvgIpc) is 2.40. The van der Waals surface area contributed by atoms with Gasteiger partial charge < -0.3 is 10.2 Å². The molecule has 1 saturated heterocycles. The van der Waals surface area contributed by atoms with Crippen LogP contribution in [0, 0.1) is 11.7 Å². The van der Waals surface area contributed by atoms with Crippen LogP contribution in [0.5, 0.6) is 0 Å². The van der Waals surface area contributed by atoms with E-state index < -0.39 is 0 Å². The molecule has 0 unspecified atom stereocenters. The SMILES string of the molecule is CN1CCC(CCNCc2cc(Br)ccc2F)CC1. The Morgan fingerprint density at radius 2 is 2.11 bits per heavy atom. The fourth-order valence-corrected chi connectivity index (χ4v) is 2.97. The first kappa shape index (κ1) is 14.9. The zero-order valence-electron chi connectivity index (χ0n) is 11.5. The molecule has 19 heavy (non-hydrogen) atoms. The summed E-state index contributed by atoms with van der Waals surface area (Å²) < 4.78 is 14.5. The van der Waals surface area contributed by atoms with Crippen molar-refractivity contribution in [2.75, 3.05) is 26.7 Å². The number of nitrogens with one attached hydrogen (secondary N) is 1. The van der Waals surface area contributed by atoms with Crippen LogP contribution in [0.2, 0.25) is 0 Å². The van der Waals surface area contributed by atoms with Crippen molar-refractivity contribution in [1.29, 1.82) is 0 Å². The lowest BCUT2D eigenvalue weighted by Gasteiger charge is -2.28. The van der Waals surface area contributed by atoms with E-state index in [0.29, 0.717) is 6.54 Å². The number of halogens is 2. The molecule has 0 saturated carbocycles. The van der Waals surface area contributed by atoms with Crippen LogP contribution in [0.4, 0.5) is 4.39 Å². The molecular weight excluding hydrogens is 307 g/mol. The molecule has 1 N–H and O–H groups in total. The van der Waals surface area contributed by atoms with Gasteiger partial charge >= 0.3 is 0 Å². The number of hydrogen-bond acceptors (Lipinski definition) is 2. The summed E-state index contributed by atoms with van der Waals surface area (Å²) in [6.45, 7) is 4.01. The van der Waals surface area contributed by atoms with Crippen molar-refractivity contribution >= 4 is 15.9 Å². The lowest BCUT2D eigenvalue weighted by Crippen LogP contribution is -2.31. The van der Waals surface area contributed by atoms with E-state index in [0.717, 1.165) is 22.5 Å². The smallest absolute Gasteiger partial charge is 0.127 e. The van der Waals surface area contributed by atoms with Crippen molar-refractivity contribution in [3.63, 3.8) is 0 Å². The zero-order chi connectivity index (χ0) is 13.7. The molecule has 2 nitrogen and oxygen atoms in total. The van der Waals surface area contributed by atoms with Gasteiger partial charge in [-0.15, -0.1) is 0 Å². The van der Waals surface area contributed by atoms with E-state index >= 15 is 0 Å². The van der Waals surface area contributed by atoms with E-state index in [9.17, 15) is 4.39 Å². The molecule has 0 atom stereocenters. The van der Waals surface area contributed by atoms with E-state index in [1.54, 1.807) is 6.07 Å². The second-order valence-corrected chi connectivity index (χ2v) is 6.36. The van der Waals surface area contributed by atoms with E-state index in [4.69, 9.17) is 0 Å². The molecule has 1 aliphatic rings. The van der Waals surface area contributed by atoms with Crippen LogP contribution < -0.4 is 5.32 Å². The summed E-state index contributed by atoms with van der Waals surface area (Å²) in [6, 6.07) is 5.09. The van der Waals surface area contributed by atoms with Gasteiger partial charge in [-0.1, -0.05) is 15.9 Å². The second kappa shape index (κ2) is 7.36. The molecule has 1 fully saturated rings. The van der Waals surface area contributed by atoms with Crippen LogP contribution in [-0.2, 0) is 6.54 Å². The maximum atomic E-state index is 13.5. The Morgan fingerprint density at radius 3 is 2.84 bits per heavy atom. The van der Waals surface area contributed by atoms with E-state index in [2.05, 4.69) is 33.2 Å². The third-order valence-corrected chi connectivity index (χ3v) is 4.38. The lowest BCUT2D eigenvalue weighted by atomic mass is 9.94. The number of piperidine rings is 1. The fraction of sp³-hybridized carbons (Fsp3) is 0.600. The molecular formula is C15H22BrFN2. The van der Waals surface area contributed by atoms with E-state index in [1.165, 1.54) is 38.4 Å². The van der Waals surface area contributed by atoms with Crippen molar-refractivity contribution in [3.8, 4) is 0 Å². The van der Waals surface area contributed by atoms with Gasteiger partial charge in [0.05, 0.1) is 0 Å². The molecule has 0 aromatic heterocycles. The van der Waals surface area contributed by atoms with Crippen molar-refractivity contribution in [2.24, 2.45) is 5.92 Å². The van der Waals surface area contributed by atoms with Gasteiger partial charge in [-0.25, -0.2) is 4.39 Å². The molecule has 2 rings (SSSR count). The van der Waals surface area contributed by atoms with Gasteiger partial charge in [0, 0.05) is 16.6 Å². The van der Waals surface area contributed by atoms with Gasteiger partial charge in [0.2, 0.25) is 0 Å². The average molecular weight is 329 g/mol. The van der Waals surface area contributed by atoms with Crippen LogP contribution in [0.1, 0.15) is 24.8 Å². The van der Waals surface area contributed by atoms with Crippen molar-refractivity contribution in [1.82, 2.24) is 10.2 Å². The van der Waals surface area contributed by atoms with Crippen LogP contribution in [0.3, 0.4) is 0 Å². The second-order valence-electron chi connectivity index (χ2n) is 5.45. The normalized spacial score (nSPS) is 17.8. The molecule has 1 aromatic carbocycles.